The number of carbonyl (C=O) groups is 1. The van der Waals surface area contributed by atoms with Crippen LogP contribution in [0.3, 0.4) is 0 Å². The zero-order valence-corrected chi connectivity index (χ0v) is 12.7. The first-order valence-electron chi connectivity index (χ1n) is 7.87. The Bertz CT molecular complexity index is 404. The summed E-state index contributed by atoms with van der Waals surface area (Å²) in [6.07, 6.45) is 10.3. The van der Waals surface area contributed by atoms with Crippen LogP contribution >= 0.6 is 0 Å². The van der Waals surface area contributed by atoms with Gasteiger partial charge in [0.05, 0.1) is 18.8 Å². The molecule has 0 spiro atoms. The van der Waals surface area contributed by atoms with Crippen LogP contribution in [0.15, 0.2) is 12.4 Å². The van der Waals surface area contributed by atoms with E-state index in [0.29, 0.717) is 5.91 Å². The summed E-state index contributed by atoms with van der Waals surface area (Å²) in [5, 5.41) is 7.87. The molecule has 2 atom stereocenters. The molecule has 0 unspecified atom stereocenters. The van der Waals surface area contributed by atoms with Crippen LogP contribution in [0.25, 0.3) is 0 Å². The molecule has 1 amide bonds. The van der Waals surface area contributed by atoms with Crippen LogP contribution in [-0.4, -0.2) is 38.4 Å². The first kappa shape index (κ1) is 15.0. The summed E-state index contributed by atoms with van der Waals surface area (Å²) in [4.78, 5) is 14.7. The summed E-state index contributed by atoms with van der Waals surface area (Å²) >= 11 is 0. The Morgan fingerprint density at radius 3 is 3.00 bits per heavy atom. The van der Waals surface area contributed by atoms with Gasteiger partial charge < -0.3 is 4.90 Å². The third-order valence-electron chi connectivity index (χ3n) is 4.19. The quantitative estimate of drug-likeness (QED) is 0.803. The Morgan fingerprint density at radius 2 is 2.30 bits per heavy atom. The molecule has 1 aromatic rings. The SMILES string of the molecule is CCCC[C@@H](C)C(=O)N1CCCC[C@@H]1Cn1ccnn1. The second kappa shape index (κ2) is 7.41. The summed E-state index contributed by atoms with van der Waals surface area (Å²) < 4.78 is 1.84. The molecule has 1 fully saturated rings. The van der Waals surface area contributed by atoms with E-state index in [1.165, 1.54) is 6.42 Å². The minimum Gasteiger partial charge on any atom is -0.338 e. The number of piperidine rings is 1. The van der Waals surface area contributed by atoms with Gasteiger partial charge in [0, 0.05) is 18.7 Å². The normalized spacial score (nSPS) is 20.9. The van der Waals surface area contributed by atoms with Gasteiger partial charge >= 0.3 is 0 Å². The average Bonchev–Trinajstić information content (AvgIpc) is 2.97. The van der Waals surface area contributed by atoms with Crippen LogP contribution in [0.5, 0.6) is 0 Å². The molecule has 0 radical (unpaired) electrons. The second-order valence-electron chi connectivity index (χ2n) is 5.85. The number of rotatable bonds is 6. The lowest BCUT2D eigenvalue weighted by Gasteiger charge is -2.37. The van der Waals surface area contributed by atoms with E-state index in [0.717, 1.165) is 45.2 Å². The van der Waals surface area contributed by atoms with Gasteiger partial charge in [-0.2, -0.15) is 0 Å². The van der Waals surface area contributed by atoms with Gasteiger partial charge in [0.2, 0.25) is 5.91 Å². The van der Waals surface area contributed by atoms with Crippen molar-refractivity contribution in [2.45, 2.75) is 65.0 Å². The highest BCUT2D eigenvalue weighted by Gasteiger charge is 2.29. The Morgan fingerprint density at radius 1 is 1.45 bits per heavy atom. The molecule has 1 aliphatic heterocycles. The minimum atomic E-state index is 0.145. The molecule has 1 aliphatic rings. The summed E-state index contributed by atoms with van der Waals surface area (Å²) in [7, 11) is 0. The van der Waals surface area contributed by atoms with Crippen LogP contribution in [0.4, 0.5) is 0 Å². The third kappa shape index (κ3) is 3.81. The maximum atomic E-state index is 12.6. The number of nitrogens with zero attached hydrogens (tertiary/aromatic N) is 4. The number of amides is 1. The van der Waals surface area contributed by atoms with Gasteiger partial charge in [-0.15, -0.1) is 5.10 Å². The van der Waals surface area contributed by atoms with Gasteiger partial charge in [-0.05, 0) is 25.7 Å². The van der Waals surface area contributed by atoms with Crippen LogP contribution in [0.2, 0.25) is 0 Å². The molecular formula is C15H26N4O. The van der Waals surface area contributed by atoms with Crippen molar-refractivity contribution in [2.75, 3.05) is 6.54 Å². The molecule has 5 nitrogen and oxygen atoms in total. The number of unbranched alkanes of at least 4 members (excludes halogenated alkanes) is 1. The number of hydrogen-bond acceptors (Lipinski definition) is 3. The van der Waals surface area contributed by atoms with E-state index >= 15 is 0 Å². The van der Waals surface area contributed by atoms with E-state index in [1.807, 2.05) is 10.9 Å². The van der Waals surface area contributed by atoms with Crippen molar-refractivity contribution < 1.29 is 4.79 Å². The third-order valence-corrected chi connectivity index (χ3v) is 4.19. The highest BCUT2D eigenvalue weighted by atomic mass is 16.2. The van der Waals surface area contributed by atoms with Crippen LogP contribution in [0.1, 0.15) is 52.4 Å². The monoisotopic (exact) mass is 278 g/mol. The van der Waals surface area contributed by atoms with E-state index in [4.69, 9.17) is 0 Å². The molecule has 1 saturated heterocycles. The first-order chi connectivity index (χ1) is 9.72. The van der Waals surface area contributed by atoms with E-state index in [-0.39, 0.29) is 12.0 Å². The fourth-order valence-electron chi connectivity index (χ4n) is 2.94. The van der Waals surface area contributed by atoms with Crippen molar-refractivity contribution in [3.8, 4) is 0 Å². The standard InChI is InChI=1S/C15H26N4O/c1-3-4-7-13(2)15(20)19-10-6-5-8-14(19)12-18-11-9-16-17-18/h9,11,13-14H,3-8,10,12H2,1-2H3/t13-,14-/m1/s1. The summed E-state index contributed by atoms with van der Waals surface area (Å²) in [6, 6.07) is 0.280. The van der Waals surface area contributed by atoms with E-state index in [2.05, 4.69) is 29.1 Å². The Labute approximate surface area is 121 Å². The lowest BCUT2D eigenvalue weighted by molar-refractivity contribution is -0.139. The van der Waals surface area contributed by atoms with E-state index < -0.39 is 0 Å². The zero-order chi connectivity index (χ0) is 14.4. The van der Waals surface area contributed by atoms with Crippen molar-refractivity contribution in [3.05, 3.63) is 12.4 Å². The van der Waals surface area contributed by atoms with Crippen molar-refractivity contribution in [2.24, 2.45) is 5.92 Å². The molecule has 0 bridgehead atoms. The van der Waals surface area contributed by atoms with Crippen LogP contribution in [0, 0.1) is 5.92 Å². The highest BCUT2D eigenvalue weighted by molar-refractivity contribution is 5.78. The minimum absolute atomic E-state index is 0.145. The maximum Gasteiger partial charge on any atom is 0.225 e. The van der Waals surface area contributed by atoms with Crippen molar-refractivity contribution in [1.82, 2.24) is 19.9 Å². The molecule has 112 valence electrons. The predicted octanol–water partition coefficient (Wildman–Crippen LogP) is 2.49. The Kier molecular flexibility index (Phi) is 5.56. The molecule has 1 aromatic heterocycles. The van der Waals surface area contributed by atoms with E-state index in [9.17, 15) is 4.79 Å². The van der Waals surface area contributed by atoms with Gasteiger partial charge in [-0.1, -0.05) is 31.9 Å². The van der Waals surface area contributed by atoms with Gasteiger partial charge in [0.15, 0.2) is 0 Å². The van der Waals surface area contributed by atoms with Gasteiger partial charge in [-0.25, -0.2) is 0 Å². The lowest BCUT2D eigenvalue weighted by Crippen LogP contribution is -2.47. The van der Waals surface area contributed by atoms with Gasteiger partial charge in [0.1, 0.15) is 0 Å². The molecule has 0 aliphatic carbocycles. The smallest absolute Gasteiger partial charge is 0.225 e. The molecule has 2 heterocycles. The van der Waals surface area contributed by atoms with E-state index in [1.54, 1.807) is 6.20 Å². The second-order valence-corrected chi connectivity index (χ2v) is 5.85. The zero-order valence-electron chi connectivity index (χ0n) is 12.7. The van der Waals surface area contributed by atoms with Crippen molar-refractivity contribution >= 4 is 5.91 Å². The molecule has 5 heteroatoms. The van der Waals surface area contributed by atoms with Crippen LogP contribution in [-0.2, 0) is 11.3 Å². The van der Waals surface area contributed by atoms with Crippen molar-refractivity contribution in [3.63, 3.8) is 0 Å². The molecule has 0 N–H and O–H groups in total. The number of carbonyl (C=O) groups excluding carboxylic acids is 1. The molecule has 2 rings (SSSR count). The highest BCUT2D eigenvalue weighted by Crippen LogP contribution is 2.22. The molecule has 20 heavy (non-hydrogen) atoms. The summed E-state index contributed by atoms with van der Waals surface area (Å²) in [5.41, 5.74) is 0. The number of aromatic nitrogens is 3. The van der Waals surface area contributed by atoms with Crippen LogP contribution < -0.4 is 0 Å². The molecular weight excluding hydrogens is 252 g/mol. The number of likely N-dealkylation sites (tertiary alicyclic amines) is 1. The fraction of sp³-hybridized carbons (Fsp3) is 0.800. The molecule has 0 aromatic carbocycles. The lowest BCUT2D eigenvalue weighted by atomic mass is 9.97. The fourth-order valence-corrected chi connectivity index (χ4v) is 2.94. The predicted molar refractivity (Wildman–Crippen MR) is 78.1 cm³/mol. The van der Waals surface area contributed by atoms with Crippen molar-refractivity contribution in [1.29, 1.82) is 0 Å². The Hall–Kier alpha value is -1.39. The topological polar surface area (TPSA) is 51.0 Å². The first-order valence-corrected chi connectivity index (χ1v) is 7.87. The van der Waals surface area contributed by atoms with Gasteiger partial charge in [0.25, 0.3) is 0 Å². The average molecular weight is 278 g/mol. The summed E-state index contributed by atoms with van der Waals surface area (Å²) in [5.74, 6) is 0.467. The number of hydrogen-bond donors (Lipinski definition) is 0. The van der Waals surface area contributed by atoms with Gasteiger partial charge in [-0.3, -0.25) is 9.48 Å². The largest absolute Gasteiger partial charge is 0.338 e. The molecule has 0 saturated carbocycles. The Balaban J connectivity index is 1.97. The summed E-state index contributed by atoms with van der Waals surface area (Å²) in [6.45, 7) is 5.91. The maximum absolute atomic E-state index is 12.6.